The Kier molecular flexibility index (Phi) is 22.7. The minimum Gasteiger partial charge on any atom is -0.457 e. The predicted molar refractivity (Wildman–Crippen MR) is 122 cm³/mol. The van der Waals surface area contributed by atoms with E-state index in [1.807, 2.05) is 6.92 Å². The van der Waals surface area contributed by atoms with E-state index in [1.54, 1.807) is 0 Å². The fraction of sp³-hybridized carbons (Fsp3) is 0.880. The number of carbonyl (C=O) groups is 1. The molecule has 4 heteroatoms. The molecule has 0 bridgehead atoms. The van der Waals surface area contributed by atoms with Gasteiger partial charge in [0.25, 0.3) is 0 Å². The van der Waals surface area contributed by atoms with E-state index in [1.165, 1.54) is 83.5 Å². The van der Waals surface area contributed by atoms with Crippen molar-refractivity contribution in [1.29, 1.82) is 0 Å². The third-order valence-corrected chi connectivity index (χ3v) is 5.06. The Labute approximate surface area is 180 Å². The topological polar surface area (TPSA) is 55.8 Å². The minimum atomic E-state index is -0.525. The molecule has 0 aromatic rings. The molecule has 172 valence electrons. The number of esters is 1. The summed E-state index contributed by atoms with van der Waals surface area (Å²) in [4.78, 5) is 11.4. The first-order chi connectivity index (χ1) is 14.2. The summed E-state index contributed by atoms with van der Waals surface area (Å²) in [6.07, 6.45) is 23.5. The Hall–Kier alpha value is -0.870. The molecule has 0 rings (SSSR count). The first kappa shape index (κ1) is 28.1. The van der Waals surface area contributed by atoms with Crippen LogP contribution in [0.15, 0.2) is 12.2 Å². The van der Waals surface area contributed by atoms with Crippen LogP contribution in [-0.4, -0.2) is 37.0 Å². The molecule has 0 aliphatic rings. The van der Waals surface area contributed by atoms with Gasteiger partial charge in [0, 0.05) is 13.0 Å². The fourth-order valence-electron chi connectivity index (χ4n) is 3.24. The van der Waals surface area contributed by atoms with Gasteiger partial charge in [0.1, 0.15) is 6.10 Å². The smallest absolute Gasteiger partial charge is 0.306 e. The van der Waals surface area contributed by atoms with E-state index in [2.05, 4.69) is 19.1 Å². The Morgan fingerprint density at radius 1 is 0.793 bits per heavy atom. The highest BCUT2D eigenvalue weighted by Crippen LogP contribution is 2.10. The maximum atomic E-state index is 11.4. The van der Waals surface area contributed by atoms with Crippen molar-refractivity contribution >= 4 is 5.97 Å². The molecule has 0 saturated carbocycles. The van der Waals surface area contributed by atoms with Crippen LogP contribution in [0.4, 0.5) is 0 Å². The number of aliphatic hydroxyl groups is 1. The van der Waals surface area contributed by atoms with E-state index in [9.17, 15) is 9.90 Å². The average Bonchev–Trinajstić information content (AvgIpc) is 2.72. The molecule has 0 heterocycles. The van der Waals surface area contributed by atoms with Crippen molar-refractivity contribution in [2.45, 2.75) is 123 Å². The van der Waals surface area contributed by atoms with E-state index in [4.69, 9.17) is 9.47 Å². The highest BCUT2D eigenvalue weighted by atomic mass is 16.6. The van der Waals surface area contributed by atoms with Gasteiger partial charge in [-0.15, -0.1) is 0 Å². The molecule has 1 atom stereocenters. The van der Waals surface area contributed by atoms with Gasteiger partial charge in [0.15, 0.2) is 0 Å². The van der Waals surface area contributed by atoms with Gasteiger partial charge in [-0.1, -0.05) is 83.8 Å². The number of aliphatic hydroxyl groups excluding tert-OH is 1. The van der Waals surface area contributed by atoms with Crippen LogP contribution in [0, 0.1) is 0 Å². The monoisotopic (exact) mass is 412 g/mol. The summed E-state index contributed by atoms with van der Waals surface area (Å²) in [5.41, 5.74) is 0. The summed E-state index contributed by atoms with van der Waals surface area (Å²) in [6.45, 7) is 4.98. The Morgan fingerprint density at radius 3 is 1.90 bits per heavy atom. The first-order valence-corrected chi connectivity index (χ1v) is 12.3. The maximum Gasteiger partial charge on any atom is 0.306 e. The normalized spacial score (nSPS) is 12.5. The lowest BCUT2D eigenvalue weighted by Gasteiger charge is -2.15. The molecule has 4 nitrogen and oxygen atoms in total. The number of unbranched alkanes of at least 4 members (excludes halogenated alkanes) is 12. The Morgan fingerprint density at radius 2 is 1.34 bits per heavy atom. The minimum absolute atomic E-state index is 0.178. The van der Waals surface area contributed by atoms with E-state index in [0.717, 1.165) is 12.8 Å². The summed E-state index contributed by atoms with van der Waals surface area (Å²) >= 11 is 0. The van der Waals surface area contributed by atoms with Crippen LogP contribution >= 0.6 is 0 Å². The lowest BCUT2D eigenvalue weighted by Crippen LogP contribution is -2.27. The zero-order chi connectivity index (χ0) is 21.4. The fourth-order valence-corrected chi connectivity index (χ4v) is 3.24. The Bertz CT molecular complexity index is 368. The van der Waals surface area contributed by atoms with Gasteiger partial charge in [0.05, 0.1) is 13.2 Å². The van der Waals surface area contributed by atoms with Crippen LogP contribution in [0.2, 0.25) is 0 Å². The predicted octanol–water partition coefficient (Wildman–Crippen LogP) is 6.74. The molecule has 1 unspecified atom stereocenters. The summed E-state index contributed by atoms with van der Waals surface area (Å²) in [5, 5.41) is 9.22. The van der Waals surface area contributed by atoms with Crippen molar-refractivity contribution in [3.8, 4) is 0 Å². The number of allylic oxidation sites excluding steroid dienone is 2. The Balaban J connectivity index is 3.30. The van der Waals surface area contributed by atoms with Gasteiger partial charge in [-0.2, -0.15) is 0 Å². The van der Waals surface area contributed by atoms with Crippen molar-refractivity contribution in [1.82, 2.24) is 0 Å². The second-order valence-corrected chi connectivity index (χ2v) is 8.06. The van der Waals surface area contributed by atoms with Crippen molar-refractivity contribution in [3.05, 3.63) is 12.2 Å². The van der Waals surface area contributed by atoms with E-state index in [0.29, 0.717) is 13.0 Å². The van der Waals surface area contributed by atoms with E-state index < -0.39 is 6.10 Å². The van der Waals surface area contributed by atoms with Crippen LogP contribution in [0.25, 0.3) is 0 Å². The molecule has 0 aromatic carbocycles. The number of ether oxygens (including phenoxy) is 2. The van der Waals surface area contributed by atoms with Crippen LogP contribution < -0.4 is 0 Å². The maximum absolute atomic E-state index is 11.4. The molecule has 0 aromatic heterocycles. The molecule has 0 aliphatic heterocycles. The molecule has 1 N–H and O–H groups in total. The first-order valence-electron chi connectivity index (χ1n) is 12.3. The lowest BCUT2D eigenvalue weighted by atomic mass is 10.1. The van der Waals surface area contributed by atoms with Crippen molar-refractivity contribution < 1.29 is 19.4 Å². The van der Waals surface area contributed by atoms with Gasteiger partial charge in [-0.3, -0.25) is 4.79 Å². The van der Waals surface area contributed by atoms with Gasteiger partial charge in [-0.25, -0.2) is 0 Å². The summed E-state index contributed by atoms with van der Waals surface area (Å²) < 4.78 is 10.7. The molecule has 0 amide bonds. The van der Waals surface area contributed by atoms with Crippen LogP contribution in [0.3, 0.4) is 0 Å². The van der Waals surface area contributed by atoms with Gasteiger partial charge in [-0.05, 0) is 38.5 Å². The summed E-state index contributed by atoms with van der Waals surface area (Å²) in [5.74, 6) is -0.257. The van der Waals surface area contributed by atoms with Gasteiger partial charge < -0.3 is 14.6 Å². The quantitative estimate of drug-likeness (QED) is 0.121. The number of hydrogen-bond donors (Lipinski definition) is 1. The molecule has 0 spiro atoms. The van der Waals surface area contributed by atoms with Crippen LogP contribution in [-0.2, 0) is 14.3 Å². The van der Waals surface area contributed by atoms with Crippen LogP contribution in [0.1, 0.15) is 117 Å². The lowest BCUT2D eigenvalue weighted by molar-refractivity contribution is -0.154. The van der Waals surface area contributed by atoms with Gasteiger partial charge in [0.2, 0.25) is 0 Å². The third kappa shape index (κ3) is 21.7. The number of rotatable bonds is 22. The molecule has 0 aliphatic carbocycles. The molecule has 0 radical (unpaired) electrons. The number of carbonyl (C=O) groups excluding carboxylic acids is 1. The second-order valence-electron chi connectivity index (χ2n) is 8.06. The highest BCUT2D eigenvalue weighted by molar-refractivity contribution is 5.69. The molecular formula is C25H48O4. The number of hydrogen-bond acceptors (Lipinski definition) is 4. The summed E-state index contributed by atoms with van der Waals surface area (Å²) in [7, 11) is 0. The largest absolute Gasteiger partial charge is 0.457 e. The molecule has 0 saturated heterocycles. The average molecular weight is 413 g/mol. The zero-order valence-electron chi connectivity index (χ0n) is 19.3. The highest BCUT2D eigenvalue weighted by Gasteiger charge is 2.12. The van der Waals surface area contributed by atoms with Crippen LogP contribution in [0.5, 0.6) is 0 Å². The standard InChI is InChI=1S/C25H48O4/c1-3-5-6-7-8-9-10-11-12-13-14-15-16-17-18-19-21-28-23-24(22-26)29-25(27)20-4-2/h11-12,24,26H,3-10,13-23H2,1-2H3/b12-11-. The van der Waals surface area contributed by atoms with Crippen molar-refractivity contribution in [2.75, 3.05) is 19.8 Å². The van der Waals surface area contributed by atoms with Gasteiger partial charge >= 0.3 is 5.97 Å². The van der Waals surface area contributed by atoms with E-state index >= 15 is 0 Å². The summed E-state index contributed by atoms with van der Waals surface area (Å²) in [6, 6.07) is 0. The van der Waals surface area contributed by atoms with E-state index in [-0.39, 0.29) is 19.2 Å². The second kappa shape index (κ2) is 23.4. The third-order valence-electron chi connectivity index (χ3n) is 5.06. The SMILES string of the molecule is CCCCCCCC/C=C\CCCCCCCCOCC(CO)OC(=O)CCC. The molecule has 0 fully saturated rings. The van der Waals surface area contributed by atoms with Crippen molar-refractivity contribution in [2.24, 2.45) is 0 Å². The zero-order valence-corrected chi connectivity index (χ0v) is 19.3. The molecule has 29 heavy (non-hydrogen) atoms. The van der Waals surface area contributed by atoms with Crippen molar-refractivity contribution in [3.63, 3.8) is 0 Å². The molecular weight excluding hydrogens is 364 g/mol.